The van der Waals surface area contributed by atoms with E-state index in [1.54, 1.807) is 0 Å². The minimum absolute atomic E-state index is 0.761. The summed E-state index contributed by atoms with van der Waals surface area (Å²) >= 11 is 0. The average Bonchev–Trinajstić information content (AvgIpc) is 2.43. The Morgan fingerprint density at radius 3 is 2.37 bits per heavy atom. The van der Waals surface area contributed by atoms with Gasteiger partial charge in [-0.2, -0.15) is 0 Å². The van der Waals surface area contributed by atoms with Crippen LogP contribution in [0.1, 0.15) is 64.7 Å². The maximum Gasteiger partial charge on any atom is 0.00966 e. The molecule has 1 N–H and O–H groups in total. The lowest BCUT2D eigenvalue weighted by atomic mass is 9.69. The Morgan fingerprint density at radius 2 is 1.58 bits per heavy atom. The zero-order valence-corrected chi connectivity index (χ0v) is 12.9. The number of likely N-dealkylation sites (tertiary alicyclic amines) is 1. The van der Waals surface area contributed by atoms with Crippen LogP contribution in [0, 0.1) is 11.8 Å². The molecule has 0 radical (unpaired) electrons. The highest BCUT2D eigenvalue weighted by Crippen LogP contribution is 2.40. The standard InChI is InChI=1S/C17H32N2/c1-13-11-17(9-10-19(13)2)18-16-8-7-14-5-3-4-6-15(14)12-16/h13-18H,3-12H2,1-2H3. The Hall–Kier alpha value is -0.0800. The summed E-state index contributed by atoms with van der Waals surface area (Å²) in [6.07, 6.45) is 13.2. The summed E-state index contributed by atoms with van der Waals surface area (Å²) in [5.41, 5.74) is 0. The molecule has 2 nitrogen and oxygen atoms in total. The molecule has 3 fully saturated rings. The van der Waals surface area contributed by atoms with E-state index in [4.69, 9.17) is 0 Å². The second-order valence-electron chi connectivity index (χ2n) is 7.53. The first-order valence-corrected chi connectivity index (χ1v) is 8.68. The summed E-state index contributed by atoms with van der Waals surface area (Å²) in [5, 5.41) is 4.02. The quantitative estimate of drug-likeness (QED) is 0.822. The van der Waals surface area contributed by atoms with E-state index in [2.05, 4.69) is 24.2 Å². The summed E-state index contributed by atoms with van der Waals surface area (Å²) in [7, 11) is 2.27. The van der Waals surface area contributed by atoms with Crippen LogP contribution >= 0.6 is 0 Å². The van der Waals surface area contributed by atoms with Gasteiger partial charge in [0.25, 0.3) is 0 Å². The van der Waals surface area contributed by atoms with E-state index in [1.165, 1.54) is 64.3 Å². The highest BCUT2D eigenvalue weighted by atomic mass is 15.1. The van der Waals surface area contributed by atoms with Gasteiger partial charge in [-0.05, 0) is 64.5 Å². The first-order valence-electron chi connectivity index (χ1n) is 8.68. The minimum atomic E-state index is 0.761. The third-order valence-corrected chi connectivity index (χ3v) is 6.22. The van der Waals surface area contributed by atoms with Gasteiger partial charge in [0, 0.05) is 18.1 Å². The monoisotopic (exact) mass is 264 g/mol. The van der Waals surface area contributed by atoms with Crippen molar-refractivity contribution in [3.63, 3.8) is 0 Å². The van der Waals surface area contributed by atoms with Crippen molar-refractivity contribution in [1.82, 2.24) is 10.2 Å². The predicted molar refractivity (Wildman–Crippen MR) is 81.3 cm³/mol. The zero-order chi connectivity index (χ0) is 13.2. The van der Waals surface area contributed by atoms with Crippen molar-refractivity contribution in [3.8, 4) is 0 Å². The van der Waals surface area contributed by atoms with Gasteiger partial charge in [-0.25, -0.2) is 0 Å². The molecule has 1 aliphatic heterocycles. The van der Waals surface area contributed by atoms with Crippen LogP contribution in [0.5, 0.6) is 0 Å². The molecular weight excluding hydrogens is 232 g/mol. The largest absolute Gasteiger partial charge is 0.311 e. The topological polar surface area (TPSA) is 15.3 Å². The fourth-order valence-electron chi connectivity index (χ4n) is 4.80. The van der Waals surface area contributed by atoms with Crippen molar-refractivity contribution < 1.29 is 0 Å². The maximum absolute atomic E-state index is 4.02. The van der Waals surface area contributed by atoms with Gasteiger partial charge in [0.15, 0.2) is 0 Å². The summed E-state index contributed by atoms with van der Waals surface area (Å²) < 4.78 is 0. The molecule has 2 aliphatic carbocycles. The number of hydrogen-bond acceptors (Lipinski definition) is 2. The fourth-order valence-corrected chi connectivity index (χ4v) is 4.80. The molecule has 110 valence electrons. The first-order chi connectivity index (χ1) is 9.22. The van der Waals surface area contributed by atoms with Crippen LogP contribution in [0.4, 0.5) is 0 Å². The molecule has 5 unspecified atom stereocenters. The molecule has 3 aliphatic rings. The van der Waals surface area contributed by atoms with E-state index in [0.717, 1.165) is 30.0 Å². The normalized spacial score (nSPS) is 44.8. The van der Waals surface area contributed by atoms with Crippen LogP contribution in [0.25, 0.3) is 0 Å². The van der Waals surface area contributed by atoms with Gasteiger partial charge in [0.2, 0.25) is 0 Å². The molecule has 2 saturated carbocycles. The van der Waals surface area contributed by atoms with Crippen molar-refractivity contribution in [2.24, 2.45) is 11.8 Å². The second kappa shape index (κ2) is 6.13. The molecule has 5 atom stereocenters. The van der Waals surface area contributed by atoms with Crippen molar-refractivity contribution in [1.29, 1.82) is 0 Å². The molecule has 0 spiro atoms. The summed E-state index contributed by atoms with van der Waals surface area (Å²) in [6.45, 7) is 3.66. The number of fused-ring (bicyclic) bond motifs is 1. The van der Waals surface area contributed by atoms with Crippen molar-refractivity contribution >= 4 is 0 Å². The van der Waals surface area contributed by atoms with E-state index in [0.29, 0.717) is 0 Å². The number of nitrogens with zero attached hydrogens (tertiary/aromatic N) is 1. The van der Waals surface area contributed by atoms with Crippen molar-refractivity contribution in [2.45, 2.75) is 82.8 Å². The van der Waals surface area contributed by atoms with Crippen LogP contribution in [-0.4, -0.2) is 36.6 Å². The van der Waals surface area contributed by atoms with Gasteiger partial charge < -0.3 is 10.2 Å². The molecule has 1 saturated heterocycles. The number of nitrogens with one attached hydrogen (secondary N) is 1. The van der Waals surface area contributed by atoms with Crippen LogP contribution in [0.3, 0.4) is 0 Å². The molecular formula is C17H32N2. The lowest BCUT2D eigenvalue weighted by Crippen LogP contribution is -2.50. The zero-order valence-electron chi connectivity index (χ0n) is 12.9. The predicted octanol–water partition coefficient (Wildman–Crippen LogP) is 3.42. The van der Waals surface area contributed by atoms with E-state index >= 15 is 0 Å². The Morgan fingerprint density at radius 1 is 0.842 bits per heavy atom. The SMILES string of the molecule is CC1CC(NC2CCC3CCCCC3C2)CCN1C. The maximum atomic E-state index is 4.02. The van der Waals surface area contributed by atoms with E-state index in [1.807, 2.05) is 0 Å². The summed E-state index contributed by atoms with van der Waals surface area (Å²) in [6, 6.07) is 2.38. The van der Waals surface area contributed by atoms with Gasteiger partial charge in [0.1, 0.15) is 0 Å². The van der Waals surface area contributed by atoms with Crippen LogP contribution < -0.4 is 5.32 Å². The van der Waals surface area contributed by atoms with E-state index < -0.39 is 0 Å². The molecule has 1 heterocycles. The second-order valence-corrected chi connectivity index (χ2v) is 7.53. The third kappa shape index (κ3) is 3.33. The van der Waals surface area contributed by atoms with Crippen LogP contribution in [0.15, 0.2) is 0 Å². The van der Waals surface area contributed by atoms with Gasteiger partial charge >= 0.3 is 0 Å². The third-order valence-electron chi connectivity index (χ3n) is 6.22. The van der Waals surface area contributed by atoms with Crippen LogP contribution in [0.2, 0.25) is 0 Å². The molecule has 3 rings (SSSR count). The van der Waals surface area contributed by atoms with E-state index in [-0.39, 0.29) is 0 Å². The number of rotatable bonds is 2. The lowest BCUT2D eigenvalue weighted by Gasteiger charge is -2.42. The van der Waals surface area contributed by atoms with Crippen molar-refractivity contribution in [2.75, 3.05) is 13.6 Å². The Kier molecular flexibility index (Phi) is 4.48. The smallest absolute Gasteiger partial charge is 0.00966 e. The summed E-state index contributed by atoms with van der Waals surface area (Å²) in [5.74, 6) is 2.15. The highest BCUT2D eigenvalue weighted by molar-refractivity contribution is 4.89. The number of piperidine rings is 1. The lowest BCUT2D eigenvalue weighted by molar-refractivity contribution is 0.117. The molecule has 0 amide bonds. The first kappa shape index (κ1) is 13.9. The van der Waals surface area contributed by atoms with Gasteiger partial charge in [-0.15, -0.1) is 0 Å². The Balaban J connectivity index is 1.48. The minimum Gasteiger partial charge on any atom is -0.311 e. The van der Waals surface area contributed by atoms with Gasteiger partial charge in [-0.3, -0.25) is 0 Å². The van der Waals surface area contributed by atoms with Crippen molar-refractivity contribution in [3.05, 3.63) is 0 Å². The Bertz CT molecular complexity index is 291. The van der Waals surface area contributed by atoms with Crippen LogP contribution in [-0.2, 0) is 0 Å². The van der Waals surface area contributed by atoms with Gasteiger partial charge in [-0.1, -0.05) is 25.7 Å². The molecule has 2 heteroatoms. The average molecular weight is 264 g/mol. The molecule has 0 aromatic heterocycles. The van der Waals surface area contributed by atoms with E-state index in [9.17, 15) is 0 Å². The molecule has 0 aromatic rings. The molecule has 0 bridgehead atoms. The summed E-state index contributed by atoms with van der Waals surface area (Å²) in [4.78, 5) is 2.51. The Labute approximate surface area is 119 Å². The fraction of sp³-hybridized carbons (Fsp3) is 1.00. The molecule has 0 aromatic carbocycles. The van der Waals surface area contributed by atoms with Gasteiger partial charge in [0.05, 0.1) is 0 Å². The highest BCUT2D eigenvalue weighted by Gasteiger charge is 2.33. The number of hydrogen-bond donors (Lipinski definition) is 1. The molecule has 19 heavy (non-hydrogen) atoms.